The van der Waals surface area contributed by atoms with E-state index in [4.69, 9.17) is 56.8 Å². The van der Waals surface area contributed by atoms with Gasteiger partial charge >= 0.3 is 0 Å². The third kappa shape index (κ3) is 10.7. The summed E-state index contributed by atoms with van der Waals surface area (Å²) >= 11 is 0. The van der Waals surface area contributed by atoms with Crippen LogP contribution in [-0.4, -0.2) is 118 Å². The first-order valence-electron chi connectivity index (χ1n) is 27.5. The summed E-state index contributed by atoms with van der Waals surface area (Å²) in [6.45, 7) is 42.6. The Morgan fingerprint density at radius 1 is 0.313 bits per heavy atom. The van der Waals surface area contributed by atoms with E-state index in [2.05, 4.69) is 125 Å². The van der Waals surface area contributed by atoms with Crippen LogP contribution in [0.4, 0.5) is 0 Å². The molecule has 12 heteroatoms. The lowest BCUT2D eigenvalue weighted by Crippen LogP contribution is -2.56. The minimum absolute atomic E-state index is 0.00515. The van der Waals surface area contributed by atoms with Gasteiger partial charge in [-0.05, 0) is 80.0 Å². The van der Waals surface area contributed by atoms with E-state index in [0.29, 0.717) is 19.3 Å². The van der Waals surface area contributed by atoms with Gasteiger partial charge in [-0.15, -0.1) is 0 Å². The number of ether oxygens (including phenoxy) is 12. The monoisotopic (exact) mass is 953 g/mol. The van der Waals surface area contributed by atoms with Gasteiger partial charge in [0.25, 0.3) is 0 Å². The Labute approximate surface area is 408 Å². The van der Waals surface area contributed by atoms with Crippen LogP contribution in [0.2, 0.25) is 0 Å². The van der Waals surface area contributed by atoms with Crippen molar-refractivity contribution >= 4 is 0 Å². The molecule has 6 unspecified atom stereocenters. The van der Waals surface area contributed by atoms with Gasteiger partial charge in [0, 0.05) is 36.2 Å². The maximum absolute atomic E-state index is 7.29. The lowest BCUT2D eigenvalue weighted by molar-refractivity contribution is -0.376. The molecule has 67 heavy (non-hydrogen) atoms. The molecular weight excluding hydrogens is 853 g/mol. The smallest absolute Gasteiger partial charge is 0.195 e. The Hall–Kier alpha value is -0.480. The molecule has 7 fully saturated rings. The molecule has 0 aromatic carbocycles. The van der Waals surface area contributed by atoms with Gasteiger partial charge in [0.2, 0.25) is 0 Å². The second-order valence-corrected chi connectivity index (χ2v) is 22.8. The third-order valence-electron chi connectivity index (χ3n) is 19.5. The van der Waals surface area contributed by atoms with E-state index in [1.165, 1.54) is 6.42 Å². The van der Waals surface area contributed by atoms with Gasteiger partial charge in [0.1, 0.15) is 33.0 Å². The standard InChI is InChI=1S/C47H84O11.C8H16O/c1-16-38-28(6)33(11)43(54-38)23-48-21-22-49-44(34(12)29(7)39(17-2)55-44)24-51-46(36(14)31(9)41(19-4)57-46)26-53-47(37(15)32(10)42(20-5)58-47)27-52-45(25-50-43)35(13)30(8)40(18-3)56-45;1-4-8-7(3)6(2)5-9-8/h28-42H,16-27H2,1-15H3;6-8H,4-5H2,1-3H3/t28-,29?,30-,31?,32?,33?,34-,35?,36-,37-,38-,39-,40-,41-,42-,43-,44-,45-,46-,47-;6?,7-,8-/m11/s1. The summed E-state index contributed by atoms with van der Waals surface area (Å²) in [6.07, 6.45) is 6.14. The first kappa shape index (κ1) is 55.8. The molecule has 0 aromatic rings. The minimum Gasteiger partial charge on any atom is -0.378 e. The molecule has 0 bridgehead atoms. The Morgan fingerprint density at radius 3 is 0.806 bits per heavy atom. The summed E-state index contributed by atoms with van der Waals surface area (Å²) in [6, 6.07) is 0. The quantitative estimate of drug-likeness (QED) is 0.253. The predicted molar refractivity (Wildman–Crippen MR) is 260 cm³/mol. The SMILES string of the molecule is CC[C@H]1OCC(C)[C@H]1C.CC[C@H]1O[C@]2(CO[C@]3(CO[C@]4(COCCO[C@]5(CO[C@]6(CO2)O[C@H](CC)C(C)[C@H]6C)O[C@H](CC)C(C)[C@H]5C)O[C@H](CC)[C@H](C)C4C)O[C@H](CC)[C@H](C)C3C)[C@H](C)C1C. The summed E-state index contributed by atoms with van der Waals surface area (Å²) in [5.74, 6) is -2.35. The zero-order valence-corrected chi connectivity index (χ0v) is 45.7. The van der Waals surface area contributed by atoms with Crippen LogP contribution >= 0.6 is 0 Å². The van der Waals surface area contributed by atoms with Crippen molar-refractivity contribution in [2.75, 3.05) is 52.9 Å². The van der Waals surface area contributed by atoms with Gasteiger partial charge in [-0.25, -0.2) is 0 Å². The molecule has 0 radical (unpaired) electrons. The lowest BCUT2D eigenvalue weighted by Gasteiger charge is -2.44. The summed E-state index contributed by atoms with van der Waals surface area (Å²) in [5.41, 5.74) is 0. The molecule has 392 valence electrons. The van der Waals surface area contributed by atoms with Crippen molar-refractivity contribution in [3.05, 3.63) is 0 Å². The molecule has 7 rings (SSSR count). The fourth-order valence-electron chi connectivity index (χ4n) is 12.9. The van der Waals surface area contributed by atoms with E-state index in [0.717, 1.165) is 50.5 Å². The molecular formula is C55H100O12. The van der Waals surface area contributed by atoms with Crippen molar-refractivity contribution in [1.82, 2.24) is 0 Å². The van der Waals surface area contributed by atoms with E-state index in [9.17, 15) is 0 Å². The van der Waals surface area contributed by atoms with Crippen molar-refractivity contribution in [3.63, 3.8) is 0 Å². The van der Waals surface area contributed by atoms with Crippen LogP contribution in [-0.2, 0) is 56.8 Å². The number of rotatable bonds is 6. The van der Waals surface area contributed by atoms with Crippen LogP contribution in [0.15, 0.2) is 0 Å². The summed E-state index contributed by atoms with van der Waals surface area (Å²) in [5, 5.41) is 0. The zero-order valence-electron chi connectivity index (χ0n) is 45.7. The van der Waals surface area contributed by atoms with Crippen LogP contribution in [0, 0.1) is 71.0 Å². The zero-order chi connectivity index (χ0) is 49.3. The second-order valence-electron chi connectivity index (χ2n) is 22.8. The Bertz CT molecular complexity index is 1450. The predicted octanol–water partition coefficient (Wildman–Crippen LogP) is 11.1. The fourth-order valence-corrected chi connectivity index (χ4v) is 12.9. The molecule has 0 amide bonds. The highest BCUT2D eigenvalue weighted by molar-refractivity contribution is 5.01. The Kier molecular flexibility index (Phi) is 18.9. The summed E-state index contributed by atoms with van der Waals surface area (Å²) in [4.78, 5) is 0. The first-order chi connectivity index (χ1) is 31.7. The average molecular weight is 953 g/mol. The van der Waals surface area contributed by atoms with Crippen molar-refractivity contribution in [3.8, 4) is 0 Å². The van der Waals surface area contributed by atoms with E-state index < -0.39 is 28.9 Å². The Morgan fingerprint density at radius 2 is 0.582 bits per heavy atom. The largest absolute Gasteiger partial charge is 0.378 e. The number of hydrogen-bond donors (Lipinski definition) is 0. The van der Waals surface area contributed by atoms with Crippen molar-refractivity contribution in [1.29, 1.82) is 0 Å². The van der Waals surface area contributed by atoms with E-state index in [1.807, 2.05) is 0 Å². The average Bonchev–Trinajstić information content (AvgIpc) is 4.08. The topological polar surface area (TPSA) is 111 Å². The highest BCUT2D eigenvalue weighted by Crippen LogP contribution is 2.52. The molecule has 7 aliphatic rings. The minimum atomic E-state index is -1.10. The van der Waals surface area contributed by atoms with Crippen LogP contribution in [0.1, 0.15) is 163 Å². The van der Waals surface area contributed by atoms with E-state index in [1.54, 1.807) is 0 Å². The van der Waals surface area contributed by atoms with Crippen LogP contribution in [0.3, 0.4) is 0 Å². The van der Waals surface area contributed by atoms with Crippen molar-refractivity contribution in [2.45, 2.75) is 229 Å². The molecule has 5 spiro atoms. The van der Waals surface area contributed by atoms with Crippen LogP contribution in [0.5, 0.6) is 0 Å². The maximum Gasteiger partial charge on any atom is 0.195 e. The molecule has 0 aromatic heterocycles. The van der Waals surface area contributed by atoms with Crippen molar-refractivity contribution < 1.29 is 56.8 Å². The van der Waals surface area contributed by atoms with E-state index in [-0.39, 0.29) is 123 Å². The molecule has 7 aliphatic heterocycles. The van der Waals surface area contributed by atoms with Gasteiger partial charge in [0.05, 0.1) is 49.8 Å². The Balaban J connectivity index is 0.000000736. The molecule has 0 N–H and O–H groups in total. The van der Waals surface area contributed by atoms with Crippen LogP contribution in [0.25, 0.3) is 0 Å². The fraction of sp³-hybridized carbons (Fsp3) is 1.00. The normalized spacial score (nSPS) is 52.4. The van der Waals surface area contributed by atoms with Gasteiger partial charge < -0.3 is 56.8 Å². The summed E-state index contributed by atoms with van der Waals surface area (Å²) in [7, 11) is 0. The van der Waals surface area contributed by atoms with Gasteiger partial charge in [-0.1, -0.05) is 125 Å². The molecule has 7 saturated heterocycles. The van der Waals surface area contributed by atoms with Gasteiger partial charge in [0.15, 0.2) is 28.9 Å². The number of hydrogen-bond acceptors (Lipinski definition) is 12. The van der Waals surface area contributed by atoms with Gasteiger partial charge in [-0.2, -0.15) is 0 Å². The third-order valence-corrected chi connectivity index (χ3v) is 19.5. The first-order valence-corrected chi connectivity index (χ1v) is 27.5. The summed E-state index contributed by atoms with van der Waals surface area (Å²) < 4.78 is 82.9. The van der Waals surface area contributed by atoms with Gasteiger partial charge in [-0.3, -0.25) is 0 Å². The van der Waals surface area contributed by atoms with E-state index >= 15 is 0 Å². The molecule has 0 saturated carbocycles. The van der Waals surface area contributed by atoms with Crippen molar-refractivity contribution in [2.24, 2.45) is 71.0 Å². The van der Waals surface area contributed by atoms with Crippen LogP contribution < -0.4 is 0 Å². The molecule has 23 atom stereocenters. The lowest BCUT2D eigenvalue weighted by atomic mass is 9.85. The second kappa shape index (κ2) is 22.7. The molecule has 0 aliphatic carbocycles. The molecule has 12 nitrogen and oxygen atoms in total. The molecule has 7 heterocycles. The maximum atomic E-state index is 7.29. The highest BCUT2D eigenvalue weighted by Gasteiger charge is 2.62. The highest BCUT2D eigenvalue weighted by atomic mass is 16.8.